The number of ether oxygens (including phenoxy) is 1. The van der Waals surface area contributed by atoms with Gasteiger partial charge in [0.1, 0.15) is 5.75 Å². The van der Waals surface area contributed by atoms with E-state index in [1.54, 1.807) is 22.7 Å². The number of aliphatic hydroxyl groups excluding tert-OH is 1. The summed E-state index contributed by atoms with van der Waals surface area (Å²) in [6.45, 7) is 3.47. The Kier molecular flexibility index (Phi) is 6.31. The molecule has 0 spiro atoms. The van der Waals surface area contributed by atoms with E-state index >= 15 is 0 Å². The highest BCUT2D eigenvalue weighted by Gasteiger charge is 2.10. The Balaban J connectivity index is 1.98. The molecule has 0 atom stereocenters. The average Bonchev–Trinajstić information content (AvgIpc) is 3.21. The minimum atomic E-state index is 0.149. The van der Waals surface area contributed by atoms with E-state index < -0.39 is 0 Å². The number of halogens is 1. The second-order valence-electron chi connectivity index (χ2n) is 5.27. The first-order valence-electron chi connectivity index (χ1n) is 8.03. The van der Waals surface area contributed by atoms with Gasteiger partial charge in [0.2, 0.25) is 0 Å². The van der Waals surface area contributed by atoms with Gasteiger partial charge in [-0.2, -0.15) is 0 Å². The predicted molar refractivity (Wildman–Crippen MR) is 105 cm³/mol. The molecule has 0 fully saturated rings. The Morgan fingerprint density at radius 1 is 1.20 bits per heavy atom. The first kappa shape index (κ1) is 18.2. The highest BCUT2D eigenvalue weighted by atomic mass is 35.5. The standard InChI is InChI=1S/C18H19ClN2O2S2/c1-2-23-14-6-4-13(5-7-14)20-18-21(10-3-11-22)15(12-24-18)16-8-9-17(19)25-16/h4-9,12,22H,2-3,10-11H2,1H3. The molecule has 0 amide bonds. The number of rotatable bonds is 7. The number of thiazole rings is 1. The fourth-order valence-electron chi connectivity index (χ4n) is 2.41. The molecule has 1 aromatic carbocycles. The van der Waals surface area contributed by atoms with Crippen molar-refractivity contribution in [2.24, 2.45) is 4.99 Å². The molecule has 0 saturated carbocycles. The Hall–Kier alpha value is -1.60. The zero-order valence-electron chi connectivity index (χ0n) is 13.8. The first-order valence-corrected chi connectivity index (χ1v) is 10.1. The molecule has 0 saturated heterocycles. The Bertz CT molecular complexity index is 881. The Labute approximate surface area is 159 Å². The number of thiophene rings is 1. The lowest BCUT2D eigenvalue weighted by atomic mass is 10.3. The predicted octanol–water partition coefficient (Wildman–Crippen LogP) is 4.95. The summed E-state index contributed by atoms with van der Waals surface area (Å²) in [5.74, 6) is 0.842. The van der Waals surface area contributed by atoms with Crippen LogP contribution in [0.15, 0.2) is 46.8 Å². The summed E-state index contributed by atoms with van der Waals surface area (Å²) in [6.07, 6.45) is 0.680. The van der Waals surface area contributed by atoms with Crippen LogP contribution in [0.25, 0.3) is 10.6 Å². The van der Waals surface area contributed by atoms with Gasteiger partial charge in [-0.1, -0.05) is 11.6 Å². The fraction of sp³-hybridized carbons (Fsp3) is 0.278. The van der Waals surface area contributed by atoms with Gasteiger partial charge in [0, 0.05) is 18.5 Å². The van der Waals surface area contributed by atoms with Crippen LogP contribution in [0.4, 0.5) is 5.69 Å². The topological polar surface area (TPSA) is 46.8 Å². The highest BCUT2D eigenvalue weighted by molar-refractivity contribution is 7.19. The molecule has 25 heavy (non-hydrogen) atoms. The summed E-state index contributed by atoms with van der Waals surface area (Å²) in [5, 5.41) is 11.3. The van der Waals surface area contributed by atoms with E-state index in [4.69, 9.17) is 21.3 Å². The molecule has 0 aliphatic carbocycles. The van der Waals surface area contributed by atoms with Crippen LogP contribution >= 0.6 is 34.3 Å². The summed E-state index contributed by atoms with van der Waals surface area (Å²) in [4.78, 5) is 6.77. The number of aliphatic hydroxyl groups is 1. The molecular weight excluding hydrogens is 376 g/mol. The molecule has 7 heteroatoms. The van der Waals surface area contributed by atoms with Gasteiger partial charge in [-0.3, -0.25) is 0 Å². The van der Waals surface area contributed by atoms with Gasteiger partial charge < -0.3 is 14.4 Å². The molecule has 0 bridgehead atoms. The van der Waals surface area contributed by atoms with Crippen LogP contribution in [-0.4, -0.2) is 22.9 Å². The van der Waals surface area contributed by atoms with Crippen LogP contribution in [0.3, 0.4) is 0 Å². The third kappa shape index (κ3) is 4.52. The van der Waals surface area contributed by atoms with Crippen molar-refractivity contribution < 1.29 is 9.84 Å². The molecule has 0 unspecified atom stereocenters. The van der Waals surface area contributed by atoms with Gasteiger partial charge in [-0.05, 0) is 49.7 Å². The summed E-state index contributed by atoms with van der Waals surface area (Å²) < 4.78 is 8.37. The van der Waals surface area contributed by atoms with Crippen LogP contribution in [0.1, 0.15) is 13.3 Å². The monoisotopic (exact) mass is 394 g/mol. The van der Waals surface area contributed by atoms with E-state index in [0.717, 1.165) is 31.1 Å². The minimum absolute atomic E-state index is 0.149. The van der Waals surface area contributed by atoms with E-state index in [0.29, 0.717) is 19.6 Å². The van der Waals surface area contributed by atoms with Crippen LogP contribution in [0.2, 0.25) is 4.34 Å². The molecule has 4 nitrogen and oxygen atoms in total. The van der Waals surface area contributed by atoms with Crippen molar-refractivity contribution in [3.05, 3.63) is 50.9 Å². The van der Waals surface area contributed by atoms with Crippen molar-refractivity contribution in [2.45, 2.75) is 19.9 Å². The first-order chi connectivity index (χ1) is 12.2. The van der Waals surface area contributed by atoms with Gasteiger partial charge >= 0.3 is 0 Å². The van der Waals surface area contributed by atoms with E-state index in [1.807, 2.05) is 43.3 Å². The molecule has 0 aliphatic rings. The lowest BCUT2D eigenvalue weighted by molar-refractivity contribution is 0.279. The summed E-state index contributed by atoms with van der Waals surface area (Å²) in [7, 11) is 0. The van der Waals surface area contributed by atoms with Gasteiger partial charge in [0.25, 0.3) is 0 Å². The van der Waals surface area contributed by atoms with Gasteiger partial charge in [-0.15, -0.1) is 22.7 Å². The molecule has 1 N–H and O–H groups in total. The number of nitrogens with zero attached hydrogens (tertiary/aromatic N) is 2. The van der Waals surface area contributed by atoms with Gasteiger partial charge in [0.05, 0.1) is 27.2 Å². The second kappa shape index (κ2) is 8.67. The van der Waals surface area contributed by atoms with E-state index in [9.17, 15) is 5.11 Å². The number of hydrogen-bond acceptors (Lipinski definition) is 5. The van der Waals surface area contributed by atoms with Crippen molar-refractivity contribution in [3.63, 3.8) is 0 Å². The van der Waals surface area contributed by atoms with Crippen molar-refractivity contribution in [1.29, 1.82) is 0 Å². The molecule has 132 valence electrons. The van der Waals surface area contributed by atoms with Crippen molar-refractivity contribution >= 4 is 40.0 Å². The maximum atomic E-state index is 9.22. The second-order valence-corrected chi connectivity index (χ2v) is 7.83. The molecule has 0 radical (unpaired) electrons. The van der Waals surface area contributed by atoms with Crippen molar-refractivity contribution in [1.82, 2.24) is 4.57 Å². The highest BCUT2D eigenvalue weighted by Crippen LogP contribution is 2.31. The molecular formula is C18H19ClN2O2S2. The summed E-state index contributed by atoms with van der Waals surface area (Å²) in [6, 6.07) is 11.7. The third-order valence-corrected chi connectivity index (χ3v) is 5.65. The fourth-order valence-corrected chi connectivity index (χ4v) is 4.50. The molecule has 0 aliphatic heterocycles. The van der Waals surface area contributed by atoms with Gasteiger partial charge in [-0.25, -0.2) is 4.99 Å². The summed E-state index contributed by atoms with van der Waals surface area (Å²) >= 11 is 9.21. The Morgan fingerprint density at radius 2 is 2.00 bits per heavy atom. The quantitative estimate of drug-likeness (QED) is 0.616. The molecule has 3 aromatic rings. The van der Waals surface area contributed by atoms with Gasteiger partial charge in [0.15, 0.2) is 4.80 Å². The SMILES string of the molecule is CCOc1ccc(N=c2scc(-c3ccc(Cl)s3)n2CCCO)cc1. The largest absolute Gasteiger partial charge is 0.494 e. The van der Waals surface area contributed by atoms with Crippen LogP contribution < -0.4 is 9.54 Å². The molecule has 2 heterocycles. The lowest BCUT2D eigenvalue weighted by Gasteiger charge is -2.07. The normalized spacial score (nSPS) is 11.9. The third-order valence-electron chi connectivity index (χ3n) is 3.54. The van der Waals surface area contributed by atoms with Crippen LogP contribution in [0, 0.1) is 0 Å². The minimum Gasteiger partial charge on any atom is -0.494 e. The van der Waals surface area contributed by atoms with E-state index in [-0.39, 0.29) is 6.61 Å². The zero-order chi connectivity index (χ0) is 17.6. The average molecular weight is 395 g/mol. The van der Waals surface area contributed by atoms with Crippen LogP contribution in [0.5, 0.6) is 5.75 Å². The zero-order valence-corrected chi connectivity index (χ0v) is 16.2. The van der Waals surface area contributed by atoms with Crippen molar-refractivity contribution in [3.8, 4) is 16.3 Å². The smallest absolute Gasteiger partial charge is 0.190 e. The molecule has 2 aromatic heterocycles. The number of benzene rings is 1. The van der Waals surface area contributed by atoms with Crippen LogP contribution in [-0.2, 0) is 6.54 Å². The number of hydrogen-bond donors (Lipinski definition) is 1. The maximum absolute atomic E-state index is 9.22. The Morgan fingerprint density at radius 3 is 2.64 bits per heavy atom. The molecule has 3 rings (SSSR count). The maximum Gasteiger partial charge on any atom is 0.190 e. The van der Waals surface area contributed by atoms with E-state index in [2.05, 4.69) is 9.95 Å². The van der Waals surface area contributed by atoms with Crippen molar-refractivity contribution in [2.75, 3.05) is 13.2 Å². The van der Waals surface area contributed by atoms with E-state index in [1.165, 1.54) is 0 Å². The summed E-state index contributed by atoms with van der Waals surface area (Å²) in [5.41, 5.74) is 1.96. The number of aromatic nitrogens is 1. The lowest BCUT2D eigenvalue weighted by Crippen LogP contribution is -2.16.